The summed E-state index contributed by atoms with van der Waals surface area (Å²) in [4.78, 5) is 23.6. The van der Waals surface area contributed by atoms with E-state index in [1.54, 1.807) is 0 Å². The monoisotopic (exact) mass is 1120 g/mol. The van der Waals surface area contributed by atoms with Gasteiger partial charge in [-0.3, -0.25) is 9.59 Å². The van der Waals surface area contributed by atoms with E-state index in [-0.39, 0.29) is 24.3 Å². The molecular weight excluding hydrogens is 1120 g/mol. The third-order valence-electron chi connectivity index (χ3n) is 8.47. The standard InChI is InChI=1S/C30H10Cl2F32N2O3/c31-29(61,62)27(57,58)25(53,54)23(49,50)21(45,46)19(41,42)17(37,38)15(33,34)13(67)65-9-1-5-11(6-2-9)69-12-7-3-10(4-8-12)66-14(68)16(35,36)18(39,40)20(43,44)22(47,48)24(51,52)26(55,56)28(59,60)30(32,63)64/h1-8H,(H,65,67)(H,66,68). The highest BCUT2D eigenvalue weighted by Crippen LogP contribution is 2.66. The number of ether oxygens (including phenoxy) is 1. The zero-order chi connectivity index (χ0) is 55.2. The summed E-state index contributed by atoms with van der Waals surface area (Å²) in [5.74, 6) is -127. The Hall–Kier alpha value is -4.48. The van der Waals surface area contributed by atoms with E-state index in [9.17, 15) is 150 Å². The molecule has 2 aromatic carbocycles. The van der Waals surface area contributed by atoms with Crippen LogP contribution in [0.3, 0.4) is 0 Å². The molecule has 2 aromatic rings. The van der Waals surface area contributed by atoms with E-state index >= 15 is 0 Å². The van der Waals surface area contributed by atoms with Crippen LogP contribution in [-0.2, 0) is 9.59 Å². The number of rotatable bonds is 20. The zero-order valence-electron chi connectivity index (χ0n) is 30.7. The first-order valence-electron chi connectivity index (χ1n) is 15.9. The van der Waals surface area contributed by atoms with Gasteiger partial charge in [0.1, 0.15) is 11.5 Å². The number of carbonyl (C=O) groups excluding carboxylic acids is 2. The molecule has 0 aliphatic rings. The third kappa shape index (κ3) is 8.77. The van der Waals surface area contributed by atoms with Crippen molar-refractivity contribution in [3.05, 3.63) is 48.5 Å². The second-order valence-electron chi connectivity index (χ2n) is 13.1. The van der Waals surface area contributed by atoms with Crippen LogP contribution in [0.4, 0.5) is 152 Å². The summed E-state index contributed by atoms with van der Waals surface area (Å²) in [7, 11) is 0. The molecule has 2 rings (SSSR count). The molecule has 0 atom stereocenters. The van der Waals surface area contributed by atoms with E-state index in [4.69, 9.17) is 4.74 Å². The lowest BCUT2D eigenvalue weighted by atomic mass is 9.89. The number of benzene rings is 2. The zero-order valence-corrected chi connectivity index (χ0v) is 32.2. The van der Waals surface area contributed by atoms with Crippen LogP contribution in [0, 0.1) is 0 Å². The molecule has 0 unspecified atom stereocenters. The van der Waals surface area contributed by atoms with Crippen LogP contribution in [0.25, 0.3) is 0 Å². The van der Waals surface area contributed by atoms with Gasteiger partial charge in [-0.25, -0.2) is 0 Å². The van der Waals surface area contributed by atoms with Crippen molar-refractivity contribution in [1.82, 2.24) is 0 Å². The fraction of sp³-hybridized carbons (Fsp3) is 0.533. The van der Waals surface area contributed by atoms with E-state index < -0.39 is 128 Å². The largest absolute Gasteiger partial charge is 0.457 e. The molecule has 2 amide bonds. The number of carbonyl (C=O) groups is 2. The van der Waals surface area contributed by atoms with Gasteiger partial charge in [-0.05, 0) is 71.7 Å². The number of anilines is 2. The van der Waals surface area contributed by atoms with E-state index in [1.807, 2.05) is 0 Å². The molecule has 0 aromatic heterocycles. The van der Waals surface area contributed by atoms with Crippen molar-refractivity contribution in [1.29, 1.82) is 0 Å². The van der Waals surface area contributed by atoms with Crippen LogP contribution < -0.4 is 15.4 Å². The van der Waals surface area contributed by atoms with Crippen molar-refractivity contribution in [3.63, 3.8) is 0 Å². The van der Waals surface area contributed by atoms with Crippen LogP contribution in [0.2, 0.25) is 0 Å². The second kappa shape index (κ2) is 17.1. The van der Waals surface area contributed by atoms with Crippen molar-refractivity contribution < 1.29 is 155 Å². The van der Waals surface area contributed by atoms with Gasteiger partial charge in [0.25, 0.3) is 0 Å². The smallest absolute Gasteiger partial charge is 0.393 e. The van der Waals surface area contributed by atoms with Crippen LogP contribution in [0.1, 0.15) is 0 Å². The molecule has 0 spiro atoms. The molecule has 396 valence electrons. The topological polar surface area (TPSA) is 67.4 Å². The van der Waals surface area contributed by atoms with E-state index in [0.29, 0.717) is 34.9 Å². The Morgan fingerprint density at radius 1 is 0.304 bits per heavy atom. The maximum atomic E-state index is 14.3. The Labute approximate surface area is 365 Å². The van der Waals surface area contributed by atoms with Crippen LogP contribution in [-0.4, -0.2) is 105 Å². The molecule has 0 saturated heterocycles. The molecule has 0 saturated carbocycles. The van der Waals surface area contributed by atoms with E-state index in [1.165, 1.54) is 0 Å². The van der Waals surface area contributed by atoms with Crippen molar-refractivity contribution in [2.45, 2.75) is 93.7 Å². The summed E-state index contributed by atoms with van der Waals surface area (Å²) in [5, 5.41) is -13.0. The van der Waals surface area contributed by atoms with Crippen molar-refractivity contribution in [3.8, 4) is 11.5 Å². The highest BCUT2D eigenvalue weighted by molar-refractivity contribution is 6.22. The first-order valence-corrected chi connectivity index (χ1v) is 16.6. The van der Waals surface area contributed by atoms with Gasteiger partial charge in [0, 0.05) is 11.4 Å². The lowest BCUT2D eigenvalue weighted by molar-refractivity contribution is -0.445. The lowest BCUT2D eigenvalue weighted by Gasteiger charge is -2.42. The molecule has 0 fully saturated rings. The van der Waals surface area contributed by atoms with Gasteiger partial charge in [-0.15, -0.1) is 0 Å². The van der Waals surface area contributed by atoms with Gasteiger partial charge < -0.3 is 15.4 Å². The predicted molar refractivity (Wildman–Crippen MR) is 161 cm³/mol. The molecule has 0 heterocycles. The number of amides is 2. The molecule has 39 heteroatoms. The molecule has 0 aliphatic carbocycles. The minimum Gasteiger partial charge on any atom is -0.457 e. The minimum absolute atomic E-state index is 0.170. The Morgan fingerprint density at radius 3 is 0.667 bits per heavy atom. The van der Waals surface area contributed by atoms with Gasteiger partial charge in [0.2, 0.25) is 0 Å². The molecule has 0 aliphatic heterocycles. The Balaban J connectivity index is 2.31. The van der Waals surface area contributed by atoms with Crippen LogP contribution in [0.15, 0.2) is 48.5 Å². The number of nitrogens with one attached hydrogen (secondary N) is 2. The van der Waals surface area contributed by atoms with Gasteiger partial charge >= 0.3 is 105 Å². The summed E-state index contributed by atoms with van der Waals surface area (Å²) in [6.07, 6.45) is 0. The van der Waals surface area contributed by atoms with E-state index in [2.05, 4.69) is 23.2 Å². The predicted octanol–water partition coefficient (Wildman–Crippen LogP) is 13.9. The molecule has 5 nitrogen and oxygen atoms in total. The maximum absolute atomic E-state index is 14.3. The fourth-order valence-electron chi connectivity index (χ4n) is 4.38. The second-order valence-corrected chi connectivity index (χ2v) is 14.0. The third-order valence-corrected chi connectivity index (χ3v) is 8.95. The quantitative estimate of drug-likeness (QED) is 0.103. The van der Waals surface area contributed by atoms with Gasteiger partial charge in [0.05, 0.1) is 0 Å². The normalized spacial score (nSPS) is 15.5. The molecule has 0 radical (unpaired) electrons. The molecule has 69 heavy (non-hydrogen) atoms. The number of hydrogen-bond donors (Lipinski definition) is 2. The minimum atomic E-state index is -8.90. The SMILES string of the molecule is O=C(Nc1ccc(Oc2ccc(NC(=O)C(F)(F)C(F)(F)C(F)(F)C(F)(F)C(F)(F)C(F)(F)C(F)(F)C(F)(F)Cl)cc2)cc1)C(F)(F)C(F)(F)C(F)(F)C(F)(F)C(F)(F)C(F)(F)C(F)(F)C(F)(F)Cl. The van der Waals surface area contributed by atoms with Gasteiger partial charge in [-0.2, -0.15) is 140 Å². The Kier molecular flexibility index (Phi) is 15.0. The summed E-state index contributed by atoms with van der Waals surface area (Å²) >= 11 is 6.81. The molecular formula is C30H10Cl2F32N2O3. The molecule has 0 bridgehead atoms. The summed E-state index contributed by atoms with van der Waals surface area (Å²) < 4.78 is 443. The summed E-state index contributed by atoms with van der Waals surface area (Å²) in [5.41, 5.74) is -2.74. The van der Waals surface area contributed by atoms with Crippen molar-refractivity contribution >= 4 is 46.4 Å². The van der Waals surface area contributed by atoms with Crippen LogP contribution in [0.5, 0.6) is 11.5 Å². The average molecular weight is 1130 g/mol. The number of halogens is 34. The highest BCUT2D eigenvalue weighted by Gasteiger charge is 2.97. The van der Waals surface area contributed by atoms with E-state index in [0.717, 1.165) is 0 Å². The number of alkyl halides is 34. The van der Waals surface area contributed by atoms with Crippen molar-refractivity contribution in [2.75, 3.05) is 10.6 Å². The first kappa shape index (κ1) is 60.6. The summed E-state index contributed by atoms with van der Waals surface area (Å²) in [6, 6.07) is 2.12. The Morgan fingerprint density at radius 2 is 0.478 bits per heavy atom. The lowest BCUT2D eigenvalue weighted by Crippen LogP contribution is -2.75. The molecule has 2 N–H and O–H groups in total. The van der Waals surface area contributed by atoms with Crippen molar-refractivity contribution in [2.24, 2.45) is 0 Å². The average Bonchev–Trinajstić information content (AvgIpc) is 3.17. The Bertz CT molecular complexity index is 2050. The summed E-state index contributed by atoms with van der Waals surface area (Å²) in [6.45, 7) is 0. The number of hydrogen-bond acceptors (Lipinski definition) is 3. The van der Waals surface area contributed by atoms with Gasteiger partial charge in [-0.1, -0.05) is 0 Å². The first-order chi connectivity index (χ1) is 29.9. The highest BCUT2D eigenvalue weighted by atomic mass is 35.5. The maximum Gasteiger partial charge on any atom is 0.393 e. The van der Waals surface area contributed by atoms with Crippen LogP contribution >= 0.6 is 23.2 Å². The fourth-order valence-corrected chi connectivity index (χ4v) is 4.62. The van der Waals surface area contributed by atoms with Gasteiger partial charge in [0.15, 0.2) is 0 Å².